The fourth-order valence-electron chi connectivity index (χ4n) is 4.45. The minimum absolute atomic E-state index is 0.0985. The summed E-state index contributed by atoms with van der Waals surface area (Å²) < 4.78 is 156. The van der Waals surface area contributed by atoms with Crippen molar-refractivity contribution >= 4 is 11.9 Å². The highest BCUT2D eigenvalue weighted by Gasteiger charge is 3.11. The molecule has 4 nitrogen and oxygen atoms in total. The molecular weight excluding hydrogens is 446 g/mol. The molecule has 0 aromatic heterocycles. The van der Waals surface area contributed by atoms with E-state index in [2.05, 4.69) is 22.6 Å². The van der Waals surface area contributed by atoms with Crippen LogP contribution in [0.15, 0.2) is 25.3 Å². The Morgan fingerprint density at radius 2 is 1.00 bits per heavy atom. The van der Waals surface area contributed by atoms with Gasteiger partial charge in [0.25, 0.3) is 0 Å². The van der Waals surface area contributed by atoms with E-state index in [1.54, 1.807) is 0 Å². The molecule has 14 heteroatoms. The van der Waals surface area contributed by atoms with Crippen LogP contribution in [0, 0.1) is 0 Å². The molecule has 2 unspecified atom stereocenters. The number of rotatable bonds is 4. The predicted molar refractivity (Wildman–Crippen MR) is 74.7 cm³/mol. The summed E-state index contributed by atoms with van der Waals surface area (Å²) in [6.45, 7) is 5.36. The first-order valence-corrected chi connectivity index (χ1v) is 7.92. The van der Waals surface area contributed by atoms with Gasteiger partial charge in [0.05, 0.1) is 0 Å². The second-order valence-electron chi connectivity index (χ2n) is 7.18. The topological polar surface area (TPSA) is 52.6 Å². The molecule has 0 saturated heterocycles. The Hall–Kier alpha value is -2.28. The monoisotopic (exact) mass is 456 g/mol. The lowest BCUT2D eigenvalue weighted by molar-refractivity contribution is -0.545. The van der Waals surface area contributed by atoms with Crippen molar-refractivity contribution in [1.82, 2.24) is 0 Å². The highest BCUT2D eigenvalue weighted by Crippen LogP contribution is 2.82. The van der Waals surface area contributed by atoms with Crippen LogP contribution in [0.2, 0.25) is 0 Å². The fourth-order valence-corrected chi connectivity index (χ4v) is 4.45. The number of carbonyl (C=O) groups excluding carboxylic acids is 2. The maximum absolute atomic E-state index is 15.2. The molecule has 0 aliphatic heterocycles. The Morgan fingerprint density at radius 3 is 1.37 bits per heavy atom. The van der Waals surface area contributed by atoms with Crippen molar-refractivity contribution in [3.63, 3.8) is 0 Å². The van der Waals surface area contributed by atoms with Gasteiger partial charge in [-0.15, -0.1) is 0 Å². The van der Waals surface area contributed by atoms with Crippen LogP contribution in [0.5, 0.6) is 0 Å². The predicted octanol–water partition coefficient (Wildman–Crippen LogP) is 3.70. The average molecular weight is 456 g/mol. The minimum Gasteiger partial charge on any atom is -0.449 e. The summed E-state index contributed by atoms with van der Waals surface area (Å²) in [5.41, 5.74) is -22.0. The standard InChI is InChI=1S/C16H10F10O4/c1-3-7(27)29-9-5-10(17)14(21,22)11(18,6-9)16(25,26)12(13(9,19)20,15(10,23)24)30-8(28)4-2/h3-4H,1-2,5-6H2. The Morgan fingerprint density at radius 1 is 0.633 bits per heavy atom. The molecule has 4 saturated carbocycles. The maximum Gasteiger partial charge on any atom is 0.338 e. The highest BCUT2D eigenvalue weighted by atomic mass is 19.3. The highest BCUT2D eigenvalue weighted by molar-refractivity contribution is 5.83. The molecule has 4 bridgehead atoms. The number of hydrogen-bond acceptors (Lipinski definition) is 4. The number of alkyl halides is 10. The van der Waals surface area contributed by atoms with Crippen LogP contribution < -0.4 is 0 Å². The number of esters is 2. The molecular formula is C16H10F10O4. The van der Waals surface area contributed by atoms with Gasteiger partial charge in [-0.05, 0) is 0 Å². The smallest absolute Gasteiger partial charge is 0.338 e. The molecule has 4 aliphatic carbocycles. The van der Waals surface area contributed by atoms with Gasteiger partial charge >= 0.3 is 41.2 Å². The molecule has 0 spiro atoms. The van der Waals surface area contributed by atoms with E-state index >= 15 is 17.6 Å². The summed E-state index contributed by atoms with van der Waals surface area (Å²) in [6, 6.07) is 0. The second kappa shape index (κ2) is 5.31. The first kappa shape index (κ1) is 22.4. The Bertz CT molecular complexity index is 834. The number of hydrogen-bond donors (Lipinski definition) is 0. The molecule has 0 amide bonds. The van der Waals surface area contributed by atoms with Gasteiger partial charge in [-0.25, -0.2) is 18.4 Å². The number of ether oxygens (including phenoxy) is 2. The van der Waals surface area contributed by atoms with Gasteiger partial charge in [-0.3, -0.25) is 0 Å². The summed E-state index contributed by atoms with van der Waals surface area (Å²) in [4.78, 5) is 22.9. The van der Waals surface area contributed by atoms with E-state index in [0.29, 0.717) is 0 Å². The van der Waals surface area contributed by atoms with Crippen LogP contribution in [0.3, 0.4) is 0 Å². The van der Waals surface area contributed by atoms with Gasteiger partial charge in [0.2, 0.25) is 11.3 Å². The first-order chi connectivity index (χ1) is 13.3. The maximum atomic E-state index is 15.2. The lowest BCUT2D eigenvalue weighted by Crippen LogP contribution is -3.01. The van der Waals surface area contributed by atoms with E-state index in [9.17, 15) is 35.9 Å². The average Bonchev–Trinajstić information content (AvgIpc) is 2.61. The quantitative estimate of drug-likeness (QED) is 0.368. The third-order valence-corrected chi connectivity index (χ3v) is 5.83. The van der Waals surface area contributed by atoms with Crippen LogP contribution >= 0.6 is 0 Å². The molecule has 4 fully saturated rings. The molecule has 30 heavy (non-hydrogen) atoms. The van der Waals surface area contributed by atoms with E-state index in [-0.39, 0.29) is 12.2 Å². The Kier molecular flexibility index (Phi) is 3.96. The summed E-state index contributed by atoms with van der Waals surface area (Å²) in [7, 11) is 0. The van der Waals surface area contributed by atoms with Gasteiger partial charge in [0, 0.05) is 25.0 Å². The van der Waals surface area contributed by atoms with Crippen molar-refractivity contribution in [1.29, 1.82) is 0 Å². The molecule has 4 rings (SSSR count). The van der Waals surface area contributed by atoms with Gasteiger partial charge in [-0.1, -0.05) is 13.2 Å². The normalized spacial score (nSPS) is 43.5. The molecule has 4 aliphatic rings. The van der Waals surface area contributed by atoms with Crippen molar-refractivity contribution in [3.8, 4) is 0 Å². The van der Waals surface area contributed by atoms with Gasteiger partial charge in [0.15, 0.2) is 5.60 Å². The van der Waals surface area contributed by atoms with Gasteiger partial charge in [-0.2, -0.15) is 35.1 Å². The van der Waals surface area contributed by atoms with E-state index in [4.69, 9.17) is 0 Å². The summed E-state index contributed by atoms with van der Waals surface area (Å²) >= 11 is 0. The minimum atomic E-state index is -6.56. The molecule has 0 radical (unpaired) electrons. The van der Waals surface area contributed by atoms with Crippen LogP contribution in [-0.2, 0) is 19.1 Å². The Balaban J connectivity index is 2.50. The van der Waals surface area contributed by atoms with E-state index in [0.717, 1.165) is 0 Å². The van der Waals surface area contributed by atoms with Crippen LogP contribution in [0.25, 0.3) is 0 Å². The SMILES string of the molecule is C=CC(=O)OC12CC3(F)C(F)(F)C(F)(C1)C(F)(F)C(OC(=O)C=C)(C2(F)F)C3(F)F. The zero-order valence-electron chi connectivity index (χ0n) is 14.4. The zero-order chi connectivity index (χ0) is 23.4. The first-order valence-electron chi connectivity index (χ1n) is 7.92. The molecule has 168 valence electrons. The molecule has 0 heterocycles. The third-order valence-electron chi connectivity index (χ3n) is 5.83. The van der Waals surface area contributed by atoms with Crippen LogP contribution in [0.4, 0.5) is 43.9 Å². The van der Waals surface area contributed by atoms with E-state index in [1.807, 2.05) is 0 Å². The number of halogens is 10. The fraction of sp³-hybridized carbons (Fsp3) is 0.625. The largest absolute Gasteiger partial charge is 0.449 e. The van der Waals surface area contributed by atoms with E-state index < -0.39 is 71.0 Å². The lowest BCUT2D eigenvalue weighted by Gasteiger charge is -2.72. The molecule has 0 aromatic rings. The molecule has 0 aromatic carbocycles. The van der Waals surface area contributed by atoms with Crippen molar-refractivity contribution in [2.24, 2.45) is 0 Å². The van der Waals surface area contributed by atoms with Gasteiger partial charge < -0.3 is 9.47 Å². The van der Waals surface area contributed by atoms with E-state index in [1.165, 1.54) is 0 Å². The molecule has 0 N–H and O–H groups in total. The number of carbonyl (C=O) groups is 2. The molecule has 2 atom stereocenters. The van der Waals surface area contributed by atoms with Gasteiger partial charge in [0.1, 0.15) is 0 Å². The van der Waals surface area contributed by atoms with Crippen molar-refractivity contribution < 1.29 is 63.0 Å². The van der Waals surface area contributed by atoms with Crippen molar-refractivity contribution in [2.75, 3.05) is 0 Å². The lowest BCUT2D eigenvalue weighted by atomic mass is 9.42. The van der Waals surface area contributed by atoms with Crippen molar-refractivity contribution in [3.05, 3.63) is 25.3 Å². The zero-order valence-corrected chi connectivity index (χ0v) is 14.4. The summed E-state index contributed by atoms with van der Waals surface area (Å²) in [6.07, 6.45) is -5.64. The third kappa shape index (κ3) is 1.72. The summed E-state index contributed by atoms with van der Waals surface area (Å²) in [5.74, 6) is -29.8. The van der Waals surface area contributed by atoms with Crippen LogP contribution in [-0.4, -0.2) is 58.2 Å². The second-order valence-corrected chi connectivity index (χ2v) is 7.18. The summed E-state index contributed by atoms with van der Waals surface area (Å²) in [5, 5.41) is 0. The Labute approximate surface area is 160 Å². The van der Waals surface area contributed by atoms with Crippen molar-refractivity contribution in [2.45, 2.75) is 59.1 Å². The van der Waals surface area contributed by atoms with Crippen LogP contribution in [0.1, 0.15) is 12.8 Å².